The van der Waals surface area contributed by atoms with E-state index in [0.717, 1.165) is 0 Å². The zero-order chi connectivity index (χ0) is 8.27. The fourth-order valence-electron chi connectivity index (χ4n) is 0.748. The average Bonchev–Trinajstić information content (AvgIpc) is 1.93. The first kappa shape index (κ1) is 14.0. The molecule has 0 aliphatic carbocycles. The van der Waals surface area contributed by atoms with Gasteiger partial charge >= 0.3 is 0 Å². The van der Waals surface area contributed by atoms with Gasteiger partial charge in [-0.1, -0.05) is 0 Å². The molecule has 1 aromatic carbocycles. The summed E-state index contributed by atoms with van der Waals surface area (Å²) in [4.78, 5) is 10.5. The van der Waals surface area contributed by atoms with Crippen molar-refractivity contribution in [3.63, 3.8) is 0 Å². The molecule has 13 heavy (non-hydrogen) atoms. The molecule has 74 valence electrons. The summed E-state index contributed by atoms with van der Waals surface area (Å²) in [7, 11) is 0. The standard InChI is InChI=1S/C8H9NO2.2H2O/c1-6(10)9-7-2-4-8(11)5-3-7;;/h2-5,11H,1H3,(H,9,10);2*1H2. The Morgan fingerprint density at radius 1 is 1.23 bits per heavy atom. The van der Waals surface area contributed by atoms with Crippen LogP contribution in [0, 0.1) is 0 Å². The summed E-state index contributed by atoms with van der Waals surface area (Å²) in [6.07, 6.45) is 0. The molecule has 0 atom stereocenters. The van der Waals surface area contributed by atoms with Crippen molar-refractivity contribution in [3.8, 4) is 5.75 Å². The van der Waals surface area contributed by atoms with Gasteiger partial charge in [-0.2, -0.15) is 0 Å². The first-order chi connectivity index (χ1) is 5.18. The molecule has 0 saturated carbocycles. The van der Waals surface area contributed by atoms with E-state index >= 15 is 0 Å². The number of hydrogen-bond donors (Lipinski definition) is 2. The number of carbonyl (C=O) groups excluding carboxylic acids is 1. The lowest BCUT2D eigenvalue weighted by Crippen LogP contribution is -2.04. The summed E-state index contributed by atoms with van der Waals surface area (Å²) < 4.78 is 0. The highest BCUT2D eigenvalue weighted by atomic mass is 16.3. The number of aromatic hydroxyl groups is 1. The van der Waals surface area contributed by atoms with Crippen LogP contribution in [0.1, 0.15) is 6.92 Å². The van der Waals surface area contributed by atoms with E-state index < -0.39 is 0 Å². The van der Waals surface area contributed by atoms with Crippen LogP contribution in [-0.2, 0) is 4.79 Å². The zero-order valence-corrected chi connectivity index (χ0v) is 7.16. The Balaban J connectivity index is 0. The number of phenolic OH excluding ortho intramolecular Hbond substituents is 1. The van der Waals surface area contributed by atoms with Crippen LogP contribution in [0.5, 0.6) is 5.75 Å². The van der Waals surface area contributed by atoms with Gasteiger partial charge in [0.15, 0.2) is 0 Å². The van der Waals surface area contributed by atoms with E-state index in [4.69, 9.17) is 5.11 Å². The molecule has 0 saturated heterocycles. The summed E-state index contributed by atoms with van der Waals surface area (Å²) in [5.41, 5.74) is 0.690. The molecule has 1 aromatic rings. The minimum Gasteiger partial charge on any atom is -0.508 e. The Kier molecular flexibility index (Phi) is 6.43. The number of nitrogens with one attached hydrogen (secondary N) is 1. The van der Waals surface area contributed by atoms with Gasteiger partial charge in [0.1, 0.15) is 5.75 Å². The number of anilines is 1. The molecule has 0 unspecified atom stereocenters. The lowest BCUT2D eigenvalue weighted by molar-refractivity contribution is -0.114. The maximum atomic E-state index is 10.5. The minimum absolute atomic E-state index is 0. The van der Waals surface area contributed by atoms with Crippen LogP contribution in [0.15, 0.2) is 24.3 Å². The highest BCUT2D eigenvalue weighted by molar-refractivity contribution is 5.88. The Morgan fingerprint density at radius 2 is 1.69 bits per heavy atom. The molecule has 0 fully saturated rings. The van der Waals surface area contributed by atoms with Gasteiger partial charge in [0.25, 0.3) is 0 Å². The van der Waals surface area contributed by atoms with Crippen molar-refractivity contribution in [1.29, 1.82) is 0 Å². The van der Waals surface area contributed by atoms with Gasteiger partial charge in [0, 0.05) is 12.6 Å². The highest BCUT2D eigenvalue weighted by Crippen LogP contribution is 2.13. The minimum atomic E-state index is -0.115. The molecule has 0 radical (unpaired) electrons. The summed E-state index contributed by atoms with van der Waals surface area (Å²) >= 11 is 0. The van der Waals surface area contributed by atoms with E-state index in [-0.39, 0.29) is 22.6 Å². The molecule has 6 N–H and O–H groups in total. The summed E-state index contributed by atoms with van der Waals surface area (Å²) in [6, 6.07) is 6.31. The number of benzene rings is 1. The van der Waals surface area contributed by atoms with Crippen molar-refractivity contribution in [1.82, 2.24) is 0 Å². The van der Waals surface area contributed by atoms with Crippen molar-refractivity contribution >= 4 is 11.6 Å². The Bertz CT molecular complexity index is 257. The summed E-state index contributed by atoms with van der Waals surface area (Å²) in [6.45, 7) is 1.44. The number of phenols is 1. The van der Waals surface area contributed by atoms with Crippen molar-refractivity contribution in [2.45, 2.75) is 6.92 Å². The molecule has 0 aliphatic rings. The number of carbonyl (C=O) groups is 1. The normalized spacial score (nSPS) is 7.77. The highest BCUT2D eigenvalue weighted by Gasteiger charge is 1.93. The third-order valence-corrected chi connectivity index (χ3v) is 1.19. The second kappa shape index (κ2) is 5.99. The fraction of sp³-hybridized carbons (Fsp3) is 0.125. The van der Waals surface area contributed by atoms with Crippen LogP contribution in [0.4, 0.5) is 5.69 Å². The van der Waals surface area contributed by atoms with E-state index in [0.29, 0.717) is 5.69 Å². The van der Waals surface area contributed by atoms with Crippen LogP contribution >= 0.6 is 0 Å². The van der Waals surface area contributed by atoms with Crippen molar-refractivity contribution in [3.05, 3.63) is 24.3 Å². The molecule has 1 amide bonds. The van der Waals surface area contributed by atoms with E-state index in [2.05, 4.69) is 5.32 Å². The first-order valence-corrected chi connectivity index (χ1v) is 3.25. The van der Waals surface area contributed by atoms with Gasteiger partial charge in [-0.25, -0.2) is 0 Å². The average molecular weight is 187 g/mol. The monoisotopic (exact) mass is 187 g/mol. The van der Waals surface area contributed by atoms with Gasteiger partial charge in [0.2, 0.25) is 5.91 Å². The third-order valence-electron chi connectivity index (χ3n) is 1.19. The summed E-state index contributed by atoms with van der Waals surface area (Å²) in [5.74, 6) is 0.0785. The smallest absolute Gasteiger partial charge is 0.221 e. The van der Waals surface area contributed by atoms with E-state index in [1.807, 2.05) is 0 Å². The second-order valence-corrected chi connectivity index (χ2v) is 2.23. The molecule has 0 heterocycles. The first-order valence-electron chi connectivity index (χ1n) is 3.25. The molecule has 1 rings (SSSR count). The number of amides is 1. The Hall–Kier alpha value is -1.59. The van der Waals surface area contributed by atoms with Crippen LogP contribution in [-0.4, -0.2) is 22.0 Å². The third kappa shape index (κ3) is 4.78. The predicted octanol–water partition coefficient (Wildman–Crippen LogP) is -0.299. The van der Waals surface area contributed by atoms with Crippen LogP contribution in [0.2, 0.25) is 0 Å². The lowest BCUT2D eigenvalue weighted by atomic mass is 10.3. The largest absolute Gasteiger partial charge is 0.508 e. The van der Waals surface area contributed by atoms with Crippen molar-refractivity contribution in [2.75, 3.05) is 5.32 Å². The molecule has 0 spiro atoms. The lowest BCUT2D eigenvalue weighted by Gasteiger charge is -1.99. The van der Waals surface area contributed by atoms with E-state index in [1.165, 1.54) is 19.1 Å². The second-order valence-electron chi connectivity index (χ2n) is 2.23. The maximum absolute atomic E-state index is 10.5. The molecular weight excluding hydrogens is 174 g/mol. The molecule has 5 heteroatoms. The van der Waals surface area contributed by atoms with Crippen LogP contribution in [0.3, 0.4) is 0 Å². The van der Waals surface area contributed by atoms with Gasteiger partial charge in [-0.05, 0) is 24.3 Å². The maximum Gasteiger partial charge on any atom is 0.221 e. The van der Waals surface area contributed by atoms with Crippen molar-refractivity contribution < 1.29 is 20.9 Å². The molecule has 0 bridgehead atoms. The van der Waals surface area contributed by atoms with E-state index in [9.17, 15) is 4.79 Å². The summed E-state index contributed by atoms with van der Waals surface area (Å²) in [5, 5.41) is 11.5. The topological polar surface area (TPSA) is 112 Å². The Morgan fingerprint density at radius 3 is 2.08 bits per heavy atom. The van der Waals surface area contributed by atoms with Crippen LogP contribution in [0.25, 0.3) is 0 Å². The fourth-order valence-corrected chi connectivity index (χ4v) is 0.748. The molecule has 5 nitrogen and oxygen atoms in total. The number of rotatable bonds is 1. The van der Waals surface area contributed by atoms with Gasteiger partial charge < -0.3 is 21.4 Å². The SMILES string of the molecule is CC(=O)Nc1ccc(O)cc1.O.O. The van der Waals surface area contributed by atoms with E-state index in [1.54, 1.807) is 12.1 Å². The quantitative estimate of drug-likeness (QED) is 0.588. The molecular formula is C8H13NO4. The number of hydrogen-bond acceptors (Lipinski definition) is 2. The zero-order valence-electron chi connectivity index (χ0n) is 7.16. The van der Waals surface area contributed by atoms with Crippen molar-refractivity contribution in [2.24, 2.45) is 0 Å². The molecule has 0 aliphatic heterocycles. The van der Waals surface area contributed by atoms with Gasteiger partial charge in [0.05, 0.1) is 0 Å². The van der Waals surface area contributed by atoms with Gasteiger partial charge in [-0.15, -0.1) is 0 Å². The molecule has 0 aromatic heterocycles. The van der Waals surface area contributed by atoms with Gasteiger partial charge in [-0.3, -0.25) is 4.79 Å². The predicted molar refractivity (Wildman–Crippen MR) is 49.6 cm³/mol. The Labute approximate surface area is 75.6 Å². The van der Waals surface area contributed by atoms with Crippen LogP contribution < -0.4 is 5.32 Å².